The van der Waals surface area contributed by atoms with Gasteiger partial charge >= 0.3 is 11.8 Å². The Labute approximate surface area is 154 Å². The number of aromatic nitrogens is 1. The molecule has 7 nitrogen and oxygen atoms in total. The highest BCUT2D eigenvalue weighted by Crippen LogP contribution is 2.29. The fourth-order valence-corrected chi connectivity index (χ4v) is 3.25. The molecule has 2 amide bonds. The van der Waals surface area contributed by atoms with Crippen molar-refractivity contribution in [2.75, 3.05) is 5.32 Å². The summed E-state index contributed by atoms with van der Waals surface area (Å²) in [6, 6.07) is 12.1. The van der Waals surface area contributed by atoms with Gasteiger partial charge in [0.2, 0.25) is 0 Å². The number of carbonyl (C=O) groups excluding carboxylic acids is 1. The number of benzene rings is 2. The SMILES string of the molecule is Cc1c(C(C)NC(=O)Nc2ccc3c(c2)oc(=O)n3C)oc2ccccc12. The lowest BCUT2D eigenvalue weighted by molar-refractivity contribution is 0.248. The van der Waals surface area contributed by atoms with Gasteiger partial charge in [0.1, 0.15) is 11.3 Å². The third kappa shape index (κ3) is 2.97. The number of amides is 2. The van der Waals surface area contributed by atoms with E-state index in [4.69, 9.17) is 8.83 Å². The summed E-state index contributed by atoms with van der Waals surface area (Å²) >= 11 is 0. The third-order valence-electron chi connectivity index (χ3n) is 4.67. The fourth-order valence-electron chi connectivity index (χ4n) is 3.25. The van der Waals surface area contributed by atoms with Crippen molar-refractivity contribution in [3.05, 3.63) is 64.3 Å². The minimum Gasteiger partial charge on any atom is -0.459 e. The van der Waals surface area contributed by atoms with E-state index in [1.807, 2.05) is 38.1 Å². The highest BCUT2D eigenvalue weighted by Gasteiger charge is 2.18. The van der Waals surface area contributed by atoms with Crippen LogP contribution in [0.25, 0.3) is 22.1 Å². The number of para-hydroxylation sites is 1. The molecule has 1 atom stereocenters. The monoisotopic (exact) mass is 365 g/mol. The molecule has 7 heteroatoms. The van der Waals surface area contributed by atoms with Gasteiger partial charge in [0.25, 0.3) is 0 Å². The summed E-state index contributed by atoms with van der Waals surface area (Å²) in [7, 11) is 1.63. The standard InChI is InChI=1S/C20H19N3O4/c1-11-14-6-4-5-7-16(14)26-18(11)12(2)21-19(24)22-13-8-9-15-17(10-13)27-20(25)23(15)3/h4-10,12H,1-3H3,(H2,21,22,24). The maximum Gasteiger partial charge on any atom is 0.419 e. The summed E-state index contributed by atoms with van der Waals surface area (Å²) in [5.74, 6) is 0.274. The fraction of sp³-hybridized carbons (Fsp3) is 0.200. The molecule has 0 saturated carbocycles. The van der Waals surface area contributed by atoms with E-state index in [9.17, 15) is 9.59 Å². The van der Waals surface area contributed by atoms with Gasteiger partial charge in [-0.15, -0.1) is 0 Å². The molecule has 0 aliphatic rings. The number of hydrogen-bond donors (Lipinski definition) is 2. The maximum atomic E-state index is 12.4. The molecule has 0 aliphatic carbocycles. The second kappa shape index (κ2) is 6.35. The highest BCUT2D eigenvalue weighted by molar-refractivity contribution is 5.92. The number of carbonyl (C=O) groups is 1. The summed E-state index contributed by atoms with van der Waals surface area (Å²) in [5, 5.41) is 6.66. The van der Waals surface area contributed by atoms with Crippen molar-refractivity contribution in [1.82, 2.24) is 9.88 Å². The van der Waals surface area contributed by atoms with Gasteiger partial charge < -0.3 is 19.5 Å². The Morgan fingerprint density at radius 2 is 1.89 bits per heavy atom. The molecule has 2 N–H and O–H groups in total. The molecule has 0 aliphatic heterocycles. The highest BCUT2D eigenvalue weighted by atomic mass is 16.4. The number of hydrogen-bond acceptors (Lipinski definition) is 4. The zero-order valence-electron chi connectivity index (χ0n) is 15.2. The Bertz CT molecular complexity index is 1220. The van der Waals surface area contributed by atoms with Crippen LogP contribution in [0.1, 0.15) is 24.3 Å². The molecule has 0 fully saturated rings. The normalized spacial score (nSPS) is 12.4. The number of nitrogens with one attached hydrogen (secondary N) is 2. The van der Waals surface area contributed by atoms with Crippen molar-refractivity contribution in [3.63, 3.8) is 0 Å². The van der Waals surface area contributed by atoms with E-state index >= 15 is 0 Å². The minimum atomic E-state index is -0.444. The van der Waals surface area contributed by atoms with E-state index in [0.717, 1.165) is 22.3 Å². The van der Waals surface area contributed by atoms with Crippen molar-refractivity contribution in [2.24, 2.45) is 7.05 Å². The van der Waals surface area contributed by atoms with E-state index in [0.29, 0.717) is 16.8 Å². The van der Waals surface area contributed by atoms with Crippen molar-refractivity contribution >= 4 is 33.8 Å². The van der Waals surface area contributed by atoms with E-state index in [1.165, 1.54) is 4.57 Å². The van der Waals surface area contributed by atoms with Crippen molar-refractivity contribution in [3.8, 4) is 0 Å². The van der Waals surface area contributed by atoms with Gasteiger partial charge in [0.05, 0.1) is 11.6 Å². The van der Waals surface area contributed by atoms with Crippen molar-refractivity contribution in [1.29, 1.82) is 0 Å². The minimum absolute atomic E-state index is 0.309. The second-order valence-corrected chi connectivity index (χ2v) is 6.52. The topological polar surface area (TPSA) is 89.4 Å². The Morgan fingerprint density at radius 1 is 1.11 bits per heavy atom. The summed E-state index contributed by atoms with van der Waals surface area (Å²) in [6.07, 6.45) is 0. The van der Waals surface area contributed by atoms with Crippen LogP contribution in [0.5, 0.6) is 0 Å². The molecule has 4 rings (SSSR count). The average molecular weight is 365 g/mol. The first-order valence-corrected chi connectivity index (χ1v) is 8.59. The first-order valence-electron chi connectivity index (χ1n) is 8.59. The molecule has 2 aromatic heterocycles. The Balaban J connectivity index is 1.51. The van der Waals surface area contributed by atoms with E-state index < -0.39 is 5.76 Å². The molecule has 138 valence electrons. The number of oxazole rings is 1. The predicted molar refractivity (Wildman–Crippen MR) is 103 cm³/mol. The van der Waals surface area contributed by atoms with Crippen LogP contribution in [0.3, 0.4) is 0 Å². The van der Waals surface area contributed by atoms with Crippen LogP contribution >= 0.6 is 0 Å². The first-order chi connectivity index (χ1) is 12.9. The van der Waals surface area contributed by atoms with Gasteiger partial charge in [-0.3, -0.25) is 4.57 Å². The molecule has 27 heavy (non-hydrogen) atoms. The van der Waals surface area contributed by atoms with E-state index in [-0.39, 0.29) is 12.1 Å². The molecule has 1 unspecified atom stereocenters. The number of nitrogens with zero attached hydrogens (tertiary/aromatic N) is 1. The Hall–Kier alpha value is -3.48. The molecule has 0 saturated heterocycles. The van der Waals surface area contributed by atoms with Crippen molar-refractivity contribution in [2.45, 2.75) is 19.9 Å². The van der Waals surface area contributed by atoms with Gasteiger partial charge in [-0.25, -0.2) is 9.59 Å². The average Bonchev–Trinajstić information content (AvgIpc) is 3.12. The number of furan rings is 1. The summed E-state index contributed by atoms with van der Waals surface area (Å²) in [5.41, 5.74) is 3.41. The van der Waals surface area contributed by atoms with Crippen LogP contribution in [0.4, 0.5) is 10.5 Å². The summed E-state index contributed by atoms with van der Waals surface area (Å²) in [4.78, 5) is 23.9. The number of urea groups is 1. The van der Waals surface area contributed by atoms with Crippen molar-refractivity contribution < 1.29 is 13.6 Å². The predicted octanol–water partition coefficient (Wildman–Crippen LogP) is 4.07. The summed E-state index contributed by atoms with van der Waals surface area (Å²) in [6.45, 7) is 3.84. The molecular formula is C20H19N3O4. The molecule has 2 aromatic carbocycles. The quantitative estimate of drug-likeness (QED) is 0.573. The van der Waals surface area contributed by atoms with Crippen LogP contribution in [-0.4, -0.2) is 10.6 Å². The molecule has 2 heterocycles. The lowest BCUT2D eigenvalue weighted by Crippen LogP contribution is -2.31. The lowest BCUT2D eigenvalue weighted by atomic mass is 10.1. The van der Waals surface area contributed by atoms with Gasteiger partial charge in [-0.1, -0.05) is 18.2 Å². The van der Waals surface area contributed by atoms with Crippen LogP contribution < -0.4 is 16.4 Å². The molecule has 0 spiro atoms. The van der Waals surface area contributed by atoms with Crippen LogP contribution in [0, 0.1) is 6.92 Å². The van der Waals surface area contributed by atoms with Crippen LogP contribution in [-0.2, 0) is 7.05 Å². The molecule has 0 bridgehead atoms. The smallest absolute Gasteiger partial charge is 0.419 e. The van der Waals surface area contributed by atoms with E-state index in [1.54, 1.807) is 25.2 Å². The lowest BCUT2D eigenvalue weighted by Gasteiger charge is -2.13. The third-order valence-corrected chi connectivity index (χ3v) is 4.67. The summed E-state index contributed by atoms with van der Waals surface area (Å²) < 4.78 is 12.4. The molecule has 0 radical (unpaired) electrons. The number of anilines is 1. The maximum absolute atomic E-state index is 12.4. The number of rotatable bonds is 3. The van der Waals surface area contributed by atoms with Gasteiger partial charge in [0.15, 0.2) is 5.58 Å². The van der Waals surface area contributed by atoms with Crippen LogP contribution in [0.15, 0.2) is 56.1 Å². The Morgan fingerprint density at radius 3 is 2.67 bits per heavy atom. The Kier molecular flexibility index (Phi) is 3.99. The zero-order valence-corrected chi connectivity index (χ0v) is 15.2. The number of fused-ring (bicyclic) bond motifs is 2. The van der Waals surface area contributed by atoms with E-state index in [2.05, 4.69) is 10.6 Å². The second-order valence-electron chi connectivity index (χ2n) is 6.52. The molecule has 4 aromatic rings. The van der Waals surface area contributed by atoms with Crippen LogP contribution in [0.2, 0.25) is 0 Å². The zero-order chi connectivity index (χ0) is 19.1. The number of aryl methyl sites for hydroxylation is 2. The molecular weight excluding hydrogens is 346 g/mol. The van der Waals surface area contributed by atoms with Gasteiger partial charge in [-0.05, 0) is 32.0 Å². The van der Waals surface area contributed by atoms with Gasteiger partial charge in [0, 0.05) is 29.8 Å². The first kappa shape index (κ1) is 17.0. The largest absolute Gasteiger partial charge is 0.459 e. The van der Waals surface area contributed by atoms with Gasteiger partial charge in [-0.2, -0.15) is 0 Å².